The Balaban J connectivity index is 2.19. The van der Waals surface area contributed by atoms with Gasteiger partial charge in [-0.15, -0.1) is 0 Å². The number of nitrogens with zero attached hydrogens (tertiary/aromatic N) is 2. The molecule has 23 heavy (non-hydrogen) atoms. The summed E-state index contributed by atoms with van der Waals surface area (Å²) in [5.74, 6) is 0.490. The van der Waals surface area contributed by atoms with Crippen LogP contribution in [0.2, 0.25) is 0 Å². The van der Waals surface area contributed by atoms with Gasteiger partial charge in [-0.25, -0.2) is 4.68 Å². The fourth-order valence-corrected chi connectivity index (χ4v) is 2.43. The van der Waals surface area contributed by atoms with Crippen LogP contribution in [-0.2, 0) is 0 Å². The van der Waals surface area contributed by atoms with Gasteiger partial charge in [-0.2, -0.15) is 5.10 Å². The second kappa shape index (κ2) is 6.36. The molecule has 1 heterocycles. The van der Waals surface area contributed by atoms with E-state index in [4.69, 9.17) is 4.74 Å². The maximum absolute atomic E-state index is 12.2. The molecule has 0 saturated heterocycles. The summed E-state index contributed by atoms with van der Waals surface area (Å²) in [6.45, 7) is 0. The first kappa shape index (κ1) is 14.8. The summed E-state index contributed by atoms with van der Waals surface area (Å²) in [6, 6.07) is 17.2. The molecule has 1 amide bonds. The van der Waals surface area contributed by atoms with Crippen molar-refractivity contribution in [3.63, 3.8) is 0 Å². The summed E-state index contributed by atoms with van der Waals surface area (Å²) in [5.41, 5.74) is 2.76. The predicted octanol–water partition coefficient (Wildman–Crippen LogP) is 2.91. The van der Waals surface area contributed by atoms with Crippen LogP contribution in [0, 0.1) is 0 Å². The summed E-state index contributed by atoms with van der Waals surface area (Å²) in [5, 5.41) is 7.26. The number of amides is 1. The highest BCUT2D eigenvalue weighted by molar-refractivity contribution is 6.00. The quantitative estimate of drug-likeness (QED) is 0.806. The third kappa shape index (κ3) is 2.81. The molecule has 1 aromatic heterocycles. The molecule has 0 fully saturated rings. The molecule has 0 aliphatic rings. The lowest BCUT2D eigenvalue weighted by molar-refractivity contribution is 0.0963. The number of hydrogen-bond acceptors (Lipinski definition) is 3. The van der Waals surface area contributed by atoms with E-state index in [2.05, 4.69) is 10.4 Å². The van der Waals surface area contributed by atoms with Crippen LogP contribution in [0.15, 0.2) is 60.8 Å². The second-order valence-electron chi connectivity index (χ2n) is 4.95. The standard InChI is InChI=1S/C18H17N3O2/c1-19-18(22)15-12-21(13-8-4-3-5-9-13)20-17(15)14-10-6-7-11-16(14)23-2/h3-12H,1-2H3,(H,19,22). The fourth-order valence-electron chi connectivity index (χ4n) is 2.43. The summed E-state index contributed by atoms with van der Waals surface area (Å²) < 4.78 is 7.10. The second-order valence-corrected chi connectivity index (χ2v) is 4.95. The molecule has 116 valence electrons. The highest BCUT2D eigenvalue weighted by atomic mass is 16.5. The number of carbonyl (C=O) groups excluding carboxylic acids is 1. The van der Waals surface area contributed by atoms with Crippen molar-refractivity contribution in [1.29, 1.82) is 0 Å². The molecule has 0 spiro atoms. The van der Waals surface area contributed by atoms with Crippen molar-refractivity contribution in [2.75, 3.05) is 14.2 Å². The highest BCUT2D eigenvalue weighted by Gasteiger charge is 2.20. The molecule has 0 radical (unpaired) electrons. The number of benzene rings is 2. The van der Waals surface area contributed by atoms with Gasteiger partial charge in [-0.3, -0.25) is 4.79 Å². The molecule has 0 atom stereocenters. The van der Waals surface area contributed by atoms with Gasteiger partial charge in [0.2, 0.25) is 0 Å². The third-order valence-electron chi connectivity index (χ3n) is 3.57. The zero-order valence-electron chi connectivity index (χ0n) is 13.0. The van der Waals surface area contributed by atoms with Crippen molar-refractivity contribution < 1.29 is 9.53 Å². The average molecular weight is 307 g/mol. The smallest absolute Gasteiger partial charge is 0.254 e. The van der Waals surface area contributed by atoms with E-state index in [0.717, 1.165) is 11.3 Å². The van der Waals surface area contributed by atoms with Gasteiger partial charge in [0.05, 0.1) is 18.4 Å². The van der Waals surface area contributed by atoms with Crippen molar-refractivity contribution in [3.05, 3.63) is 66.4 Å². The molecule has 3 aromatic rings. The van der Waals surface area contributed by atoms with Crippen molar-refractivity contribution in [3.8, 4) is 22.7 Å². The number of hydrogen-bond donors (Lipinski definition) is 1. The van der Waals surface area contributed by atoms with Crippen molar-refractivity contribution in [1.82, 2.24) is 15.1 Å². The first-order valence-electron chi connectivity index (χ1n) is 7.25. The molecule has 0 saturated carbocycles. The Kier molecular flexibility index (Phi) is 4.10. The molecule has 3 rings (SSSR count). The van der Waals surface area contributed by atoms with Gasteiger partial charge >= 0.3 is 0 Å². The Morgan fingerprint density at radius 3 is 2.48 bits per heavy atom. The summed E-state index contributed by atoms with van der Waals surface area (Å²) in [4.78, 5) is 12.2. The van der Waals surface area contributed by atoms with Gasteiger partial charge < -0.3 is 10.1 Å². The lowest BCUT2D eigenvalue weighted by atomic mass is 10.1. The number of aromatic nitrogens is 2. The maximum atomic E-state index is 12.2. The van der Waals surface area contributed by atoms with Crippen LogP contribution in [0.4, 0.5) is 0 Å². The van der Waals surface area contributed by atoms with Crippen LogP contribution >= 0.6 is 0 Å². The van der Waals surface area contributed by atoms with Gasteiger partial charge in [-0.05, 0) is 24.3 Å². The normalized spacial score (nSPS) is 10.3. The minimum absolute atomic E-state index is 0.187. The summed E-state index contributed by atoms with van der Waals surface area (Å²) in [7, 11) is 3.21. The zero-order chi connectivity index (χ0) is 16.2. The van der Waals surface area contributed by atoms with Crippen molar-refractivity contribution in [2.45, 2.75) is 0 Å². The first-order chi connectivity index (χ1) is 11.2. The monoisotopic (exact) mass is 307 g/mol. The Morgan fingerprint density at radius 1 is 1.09 bits per heavy atom. The largest absolute Gasteiger partial charge is 0.496 e. The van der Waals surface area contributed by atoms with E-state index in [1.165, 1.54) is 0 Å². The third-order valence-corrected chi connectivity index (χ3v) is 3.57. The molecule has 5 heteroatoms. The van der Waals surface area contributed by atoms with E-state index in [-0.39, 0.29) is 5.91 Å². The van der Waals surface area contributed by atoms with Crippen LogP contribution < -0.4 is 10.1 Å². The molecule has 2 aromatic carbocycles. The number of rotatable bonds is 4. The van der Waals surface area contributed by atoms with E-state index in [9.17, 15) is 4.79 Å². The maximum Gasteiger partial charge on any atom is 0.254 e. The summed E-state index contributed by atoms with van der Waals surface area (Å²) in [6.07, 6.45) is 1.73. The highest BCUT2D eigenvalue weighted by Crippen LogP contribution is 2.31. The van der Waals surface area contributed by atoms with Crippen LogP contribution in [0.5, 0.6) is 5.75 Å². The Labute approximate surface area is 134 Å². The number of methoxy groups -OCH3 is 1. The van der Waals surface area contributed by atoms with E-state index >= 15 is 0 Å². The van der Waals surface area contributed by atoms with Gasteiger partial charge in [0.25, 0.3) is 5.91 Å². The van der Waals surface area contributed by atoms with E-state index in [1.54, 1.807) is 25.0 Å². The molecule has 0 bridgehead atoms. The predicted molar refractivity (Wildman–Crippen MR) is 88.9 cm³/mol. The van der Waals surface area contributed by atoms with E-state index < -0.39 is 0 Å². The molecule has 0 aliphatic heterocycles. The molecule has 5 nitrogen and oxygen atoms in total. The lowest BCUT2D eigenvalue weighted by Crippen LogP contribution is -2.18. The SMILES string of the molecule is CNC(=O)c1cn(-c2ccccc2)nc1-c1ccccc1OC. The van der Waals surface area contributed by atoms with Gasteiger partial charge in [0.15, 0.2) is 0 Å². The zero-order valence-corrected chi connectivity index (χ0v) is 13.0. The van der Waals surface area contributed by atoms with Crippen molar-refractivity contribution >= 4 is 5.91 Å². The number of para-hydroxylation sites is 2. The average Bonchev–Trinajstić information content (AvgIpc) is 3.07. The Bertz CT molecular complexity index is 825. The number of carbonyl (C=O) groups is 1. The fraction of sp³-hybridized carbons (Fsp3) is 0.111. The van der Waals surface area contributed by atoms with Crippen LogP contribution in [0.3, 0.4) is 0 Å². The molecular formula is C18H17N3O2. The number of ether oxygens (including phenoxy) is 1. The minimum Gasteiger partial charge on any atom is -0.496 e. The van der Waals surface area contributed by atoms with Gasteiger partial charge in [0, 0.05) is 18.8 Å². The molecule has 1 N–H and O–H groups in total. The molecule has 0 unspecified atom stereocenters. The lowest BCUT2D eigenvalue weighted by Gasteiger charge is -2.07. The van der Waals surface area contributed by atoms with E-state index in [1.807, 2.05) is 54.6 Å². The van der Waals surface area contributed by atoms with Gasteiger partial charge in [0.1, 0.15) is 11.4 Å². The number of nitrogens with one attached hydrogen (secondary N) is 1. The van der Waals surface area contributed by atoms with Crippen LogP contribution in [0.1, 0.15) is 10.4 Å². The van der Waals surface area contributed by atoms with Crippen LogP contribution in [-0.4, -0.2) is 29.8 Å². The van der Waals surface area contributed by atoms with Gasteiger partial charge in [-0.1, -0.05) is 30.3 Å². The Hall–Kier alpha value is -3.08. The Morgan fingerprint density at radius 2 is 1.78 bits per heavy atom. The first-order valence-corrected chi connectivity index (χ1v) is 7.25. The summed E-state index contributed by atoms with van der Waals surface area (Å²) >= 11 is 0. The topological polar surface area (TPSA) is 56.2 Å². The molecular weight excluding hydrogens is 290 g/mol. The van der Waals surface area contributed by atoms with Crippen molar-refractivity contribution in [2.24, 2.45) is 0 Å². The van der Waals surface area contributed by atoms with E-state index in [0.29, 0.717) is 17.0 Å². The van der Waals surface area contributed by atoms with Crippen LogP contribution in [0.25, 0.3) is 16.9 Å². The minimum atomic E-state index is -0.187. The molecule has 0 aliphatic carbocycles.